The van der Waals surface area contributed by atoms with E-state index in [9.17, 15) is 4.79 Å². The standard InChI is InChI=1S/C17H26O7/c1-6-19-13(18)9-7-17(9)11(10-8-20-15(2,3)22-10)21-14-12(17)23-16(4,5)24-14/h9-12,14H,6-8H2,1-5H3/t9-,10-,11-,12+,14-,17-/m1/s1. The third kappa shape index (κ3) is 2.41. The van der Waals surface area contributed by atoms with Gasteiger partial charge in [-0.25, -0.2) is 0 Å². The van der Waals surface area contributed by atoms with Crippen molar-refractivity contribution >= 4 is 5.97 Å². The van der Waals surface area contributed by atoms with Crippen LogP contribution in [0, 0.1) is 11.3 Å². The molecule has 0 N–H and O–H groups in total. The molecular weight excluding hydrogens is 316 g/mol. The monoisotopic (exact) mass is 342 g/mol. The van der Waals surface area contributed by atoms with Gasteiger partial charge in [0.15, 0.2) is 17.9 Å². The maximum absolute atomic E-state index is 12.4. The highest BCUT2D eigenvalue weighted by atomic mass is 16.8. The summed E-state index contributed by atoms with van der Waals surface area (Å²) in [6, 6.07) is 0. The average molecular weight is 342 g/mol. The molecule has 0 aromatic heterocycles. The molecule has 6 atom stereocenters. The minimum absolute atomic E-state index is 0.196. The number of esters is 1. The zero-order valence-electron chi connectivity index (χ0n) is 14.9. The molecule has 1 saturated carbocycles. The summed E-state index contributed by atoms with van der Waals surface area (Å²) in [5.41, 5.74) is -0.459. The van der Waals surface area contributed by atoms with E-state index in [1.807, 2.05) is 34.6 Å². The Bertz CT molecular complexity index is 545. The summed E-state index contributed by atoms with van der Waals surface area (Å²) >= 11 is 0. The Morgan fingerprint density at radius 3 is 2.46 bits per heavy atom. The summed E-state index contributed by atoms with van der Waals surface area (Å²) in [6.07, 6.45) is -0.673. The van der Waals surface area contributed by atoms with Crippen LogP contribution in [-0.2, 0) is 33.2 Å². The first-order valence-corrected chi connectivity index (χ1v) is 8.68. The second kappa shape index (κ2) is 5.14. The second-order valence-corrected chi connectivity index (χ2v) is 7.97. The van der Waals surface area contributed by atoms with Gasteiger partial charge in [0.05, 0.1) is 25.2 Å². The van der Waals surface area contributed by atoms with E-state index in [2.05, 4.69) is 0 Å². The van der Waals surface area contributed by atoms with E-state index < -0.39 is 23.3 Å². The Balaban J connectivity index is 1.60. The van der Waals surface area contributed by atoms with Gasteiger partial charge in [-0.2, -0.15) is 0 Å². The highest BCUT2D eigenvalue weighted by Crippen LogP contribution is 2.67. The fourth-order valence-electron chi connectivity index (χ4n) is 4.39. The van der Waals surface area contributed by atoms with Gasteiger partial charge in [0.25, 0.3) is 0 Å². The summed E-state index contributed by atoms with van der Waals surface area (Å²) in [4.78, 5) is 12.4. The van der Waals surface area contributed by atoms with Crippen LogP contribution in [0.5, 0.6) is 0 Å². The number of fused-ring (bicyclic) bond motifs is 2. The predicted molar refractivity (Wildman–Crippen MR) is 80.8 cm³/mol. The van der Waals surface area contributed by atoms with Crippen LogP contribution in [0.2, 0.25) is 0 Å². The Morgan fingerprint density at radius 1 is 1.08 bits per heavy atom. The van der Waals surface area contributed by atoms with Crippen LogP contribution < -0.4 is 0 Å². The zero-order valence-corrected chi connectivity index (χ0v) is 14.9. The minimum atomic E-state index is -0.721. The number of carbonyl (C=O) groups is 1. The molecule has 4 rings (SSSR count). The molecule has 0 amide bonds. The molecule has 24 heavy (non-hydrogen) atoms. The lowest BCUT2D eigenvalue weighted by atomic mass is 9.88. The van der Waals surface area contributed by atoms with Crippen molar-refractivity contribution in [2.75, 3.05) is 13.2 Å². The van der Waals surface area contributed by atoms with Gasteiger partial charge >= 0.3 is 5.97 Å². The molecule has 7 nitrogen and oxygen atoms in total. The van der Waals surface area contributed by atoms with Crippen molar-refractivity contribution in [3.8, 4) is 0 Å². The van der Waals surface area contributed by atoms with Gasteiger partial charge in [-0.1, -0.05) is 0 Å². The third-order valence-corrected chi connectivity index (χ3v) is 5.38. The molecule has 4 aliphatic rings. The molecule has 4 fully saturated rings. The van der Waals surface area contributed by atoms with Crippen LogP contribution in [0.1, 0.15) is 41.0 Å². The van der Waals surface area contributed by atoms with E-state index >= 15 is 0 Å². The van der Waals surface area contributed by atoms with Crippen LogP contribution in [0.3, 0.4) is 0 Å². The Morgan fingerprint density at radius 2 is 1.83 bits per heavy atom. The van der Waals surface area contributed by atoms with Crippen molar-refractivity contribution in [2.45, 2.75) is 77.2 Å². The number of carbonyl (C=O) groups excluding carboxylic acids is 1. The SMILES string of the molecule is CCOC(=O)[C@H]1C[C@]12[C@@H]([C@H]1COC(C)(C)O1)O[C@@H]1OC(C)(C)O[C@@H]12. The van der Waals surface area contributed by atoms with E-state index in [4.69, 9.17) is 28.4 Å². The summed E-state index contributed by atoms with van der Waals surface area (Å²) < 4.78 is 35.1. The molecule has 0 radical (unpaired) electrons. The summed E-state index contributed by atoms with van der Waals surface area (Å²) in [5, 5.41) is 0. The third-order valence-electron chi connectivity index (χ3n) is 5.38. The Hall–Kier alpha value is -0.730. The maximum Gasteiger partial charge on any atom is 0.309 e. The minimum Gasteiger partial charge on any atom is -0.466 e. The molecule has 0 aromatic rings. The van der Waals surface area contributed by atoms with Crippen LogP contribution in [0.15, 0.2) is 0 Å². The van der Waals surface area contributed by atoms with Gasteiger partial charge in [0, 0.05) is 5.41 Å². The first kappa shape index (κ1) is 16.7. The maximum atomic E-state index is 12.4. The molecular formula is C17H26O7. The van der Waals surface area contributed by atoms with Crippen LogP contribution in [0.25, 0.3) is 0 Å². The lowest BCUT2D eigenvalue weighted by molar-refractivity contribution is -0.230. The predicted octanol–water partition coefficient (Wildman–Crippen LogP) is 1.58. The molecule has 7 heteroatoms. The van der Waals surface area contributed by atoms with E-state index in [-0.39, 0.29) is 30.2 Å². The number of hydrogen-bond acceptors (Lipinski definition) is 7. The smallest absolute Gasteiger partial charge is 0.309 e. The number of ether oxygens (including phenoxy) is 6. The Labute approximate surface area is 141 Å². The lowest BCUT2D eigenvalue weighted by Crippen LogP contribution is -2.42. The van der Waals surface area contributed by atoms with Crippen molar-refractivity contribution in [1.29, 1.82) is 0 Å². The van der Waals surface area contributed by atoms with Crippen molar-refractivity contribution in [3.63, 3.8) is 0 Å². The van der Waals surface area contributed by atoms with Crippen LogP contribution in [-0.4, -0.2) is 55.4 Å². The molecule has 0 aromatic carbocycles. The van der Waals surface area contributed by atoms with Crippen LogP contribution >= 0.6 is 0 Å². The molecule has 3 aliphatic heterocycles. The molecule has 3 heterocycles. The topological polar surface area (TPSA) is 72.5 Å². The first-order chi connectivity index (χ1) is 11.2. The Kier molecular flexibility index (Phi) is 3.58. The summed E-state index contributed by atoms with van der Waals surface area (Å²) in [6.45, 7) is 10.1. The molecule has 0 bridgehead atoms. The molecule has 136 valence electrons. The zero-order chi connectivity index (χ0) is 17.3. The van der Waals surface area contributed by atoms with Crippen LogP contribution in [0.4, 0.5) is 0 Å². The van der Waals surface area contributed by atoms with Crippen molar-refractivity contribution in [3.05, 3.63) is 0 Å². The average Bonchev–Trinajstić information content (AvgIpc) is 2.88. The highest BCUT2D eigenvalue weighted by Gasteiger charge is 2.78. The van der Waals surface area contributed by atoms with Gasteiger partial charge in [-0.3, -0.25) is 4.79 Å². The number of rotatable bonds is 3. The van der Waals surface area contributed by atoms with Crippen molar-refractivity contribution in [2.24, 2.45) is 11.3 Å². The van der Waals surface area contributed by atoms with E-state index in [1.165, 1.54) is 0 Å². The van der Waals surface area contributed by atoms with Gasteiger partial charge < -0.3 is 28.4 Å². The van der Waals surface area contributed by atoms with Gasteiger partial charge in [0.2, 0.25) is 0 Å². The summed E-state index contributed by atoms with van der Waals surface area (Å²) in [7, 11) is 0. The fraction of sp³-hybridized carbons (Fsp3) is 0.941. The fourth-order valence-corrected chi connectivity index (χ4v) is 4.39. The van der Waals surface area contributed by atoms with Gasteiger partial charge in [-0.15, -0.1) is 0 Å². The molecule has 0 unspecified atom stereocenters. The normalized spacial score (nSPS) is 47.8. The van der Waals surface area contributed by atoms with Gasteiger partial charge in [0.1, 0.15) is 12.2 Å². The largest absolute Gasteiger partial charge is 0.466 e. The first-order valence-electron chi connectivity index (χ1n) is 8.68. The van der Waals surface area contributed by atoms with E-state index in [1.54, 1.807) is 0 Å². The van der Waals surface area contributed by atoms with Crippen molar-refractivity contribution in [1.82, 2.24) is 0 Å². The van der Waals surface area contributed by atoms with Crippen molar-refractivity contribution < 1.29 is 33.2 Å². The quantitative estimate of drug-likeness (QED) is 0.721. The van der Waals surface area contributed by atoms with E-state index in [0.29, 0.717) is 19.6 Å². The lowest BCUT2D eigenvalue weighted by Gasteiger charge is -2.29. The molecule has 3 saturated heterocycles. The highest BCUT2D eigenvalue weighted by molar-refractivity contribution is 5.77. The second-order valence-electron chi connectivity index (χ2n) is 7.97. The number of hydrogen-bond donors (Lipinski definition) is 0. The molecule has 1 spiro atoms. The van der Waals surface area contributed by atoms with E-state index in [0.717, 1.165) is 0 Å². The summed E-state index contributed by atoms with van der Waals surface area (Å²) in [5.74, 6) is -1.82. The van der Waals surface area contributed by atoms with Gasteiger partial charge in [-0.05, 0) is 41.0 Å². The molecule has 1 aliphatic carbocycles.